The second-order valence-electron chi connectivity index (χ2n) is 5.62. The second kappa shape index (κ2) is 8.67. The molecule has 2 atom stereocenters. The number of nitrogens with one attached hydrogen (secondary N) is 1. The predicted octanol–water partition coefficient (Wildman–Crippen LogP) is 2.45. The van der Waals surface area contributed by atoms with Crippen molar-refractivity contribution in [3.8, 4) is 0 Å². The summed E-state index contributed by atoms with van der Waals surface area (Å²) in [6, 6.07) is 8.17. The van der Waals surface area contributed by atoms with Gasteiger partial charge in [-0.05, 0) is 51.8 Å². The highest BCUT2D eigenvalue weighted by Gasteiger charge is 2.23. The molecule has 0 aliphatic rings. The van der Waals surface area contributed by atoms with Crippen molar-refractivity contribution in [2.75, 3.05) is 18.0 Å². The smallest absolute Gasteiger partial charge is 0.242 e. The average molecular weight is 291 g/mol. The van der Waals surface area contributed by atoms with Gasteiger partial charge in [-0.1, -0.05) is 25.1 Å². The average Bonchev–Trinajstić information content (AvgIpc) is 2.48. The number of nitrogens with zero attached hydrogens (tertiary/aromatic N) is 1. The summed E-state index contributed by atoms with van der Waals surface area (Å²) in [5, 5.41) is 3.06. The van der Waals surface area contributed by atoms with E-state index in [4.69, 9.17) is 5.73 Å². The monoisotopic (exact) mass is 291 g/mol. The fraction of sp³-hybridized carbons (Fsp3) is 0.588. The van der Waals surface area contributed by atoms with E-state index in [0.717, 1.165) is 25.1 Å². The van der Waals surface area contributed by atoms with Crippen molar-refractivity contribution < 1.29 is 4.79 Å². The number of nitrogens with two attached hydrogens (primary N) is 1. The van der Waals surface area contributed by atoms with Gasteiger partial charge in [-0.3, -0.25) is 4.79 Å². The van der Waals surface area contributed by atoms with Crippen LogP contribution in [-0.4, -0.2) is 31.1 Å². The van der Waals surface area contributed by atoms with Gasteiger partial charge in [0.2, 0.25) is 5.91 Å². The van der Waals surface area contributed by atoms with Gasteiger partial charge in [0.25, 0.3) is 0 Å². The molecule has 1 amide bonds. The molecule has 0 spiro atoms. The van der Waals surface area contributed by atoms with E-state index in [-0.39, 0.29) is 18.0 Å². The molecule has 21 heavy (non-hydrogen) atoms. The molecule has 0 aliphatic carbocycles. The highest BCUT2D eigenvalue weighted by atomic mass is 16.2. The molecule has 0 fully saturated rings. The van der Waals surface area contributed by atoms with Gasteiger partial charge in [0, 0.05) is 18.3 Å². The van der Waals surface area contributed by atoms with E-state index in [9.17, 15) is 4.79 Å². The summed E-state index contributed by atoms with van der Waals surface area (Å²) in [6.07, 6.45) is 1.81. The molecular formula is C17H29N3O. The van der Waals surface area contributed by atoms with Gasteiger partial charge >= 0.3 is 0 Å². The number of carbonyl (C=O) groups is 1. The van der Waals surface area contributed by atoms with Crippen molar-refractivity contribution in [3.63, 3.8) is 0 Å². The van der Waals surface area contributed by atoms with Gasteiger partial charge in [-0.2, -0.15) is 0 Å². The number of rotatable bonds is 8. The number of benzene rings is 1. The van der Waals surface area contributed by atoms with E-state index in [0.29, 0.717) is 6.54 Å². The molecule has 1 aromatic carbocycles. The highest BCUT2D eigenvalue weighted by molar-refractivity contribution is 5.85. The molecular weight excluding hydrogens is 262 g/mol. The van der Waals surface area contributed by atoms with Crippen LogP contribution in [0.3, 0.4) is 0 Å². The molecule has 4 heteroatoms. The lowest BCUT2D eigenvalue weighted by Crippen LogP contribution is -2.48. The fourth-order valence-electron chi connectivity index (χ4n) is 2.28. The maximum atomic E-state index is 12.4. The van der Waals surface area contributed by atoms with Gasteiger partial charge in [0.15, 0.2) is 0 Å². The molecule has 0 radical (unpaired) electrons. The topological polar surface area (TPSA) is 58.4 Å². The molecule has 0 saturated heterocycles. The molecule has 3 N–H and O–H groups in total. The van der Waals surface area contributed by atoms with Crippen LogP contribution in [0.25, 0.3) is 0 Å². The molecule has 118 valence electrons. The minimum atomic E-state index is -0.202. The van der Waals surface area contributed by atoms with Gasteiger partial charge in [0.05, 0.1) is 0 Å². The first-order valence-electron chi connectivity index (χ1n) is 7.84. The van der Waals surface area contributed by atoms with E-state index < -0.39 is 0 Å². The summed E-state index contributed by atoms with van der Waals surface area (Å²) in [5.74, 6) is 0.0737. The Balaban J connectivity index is 2.91. The Morgan fingerprint density at radius 1 is 1.33 bits per heavy atom. The molecule has 1 aromatic rings. The van der Waals surface area contributed by atoms with Gasteiger partial charge < -0.3 is 16.0 Å². The number of hydrogen-bond donors (Lipinski definition) is 2. The van der Waals surface area contributed by atoms with Crippen molar-refractivity contribution in [1.29, 1.82) is 0 Å². The Morgan fingerprint density at radius 3 is 2.57 bits per heavy atom. The van der Waals surface area contributed by atoms with Crippen LogP contribution in [0.1, 0.15) is 39.2 Å². The number of anilines is 1. The van der Waals surface area contributed by atoms with E-state index in [1.807, 2.05) is 26.0 Å². The van der Waals surface area contributed by atoms with Crippen LogP contribution in [0.5, 0.6) is 0 Å². The Morgan fingerprint density at radius 2 is 2.00 bits per heavy atom. The highest BCUT2D eigenvalue weighted by Crippen LogP contribution is 2.22. The summed E-state index contributed by atoms with van der Waals surface area (Å²) in [4.78, 5) is 14.6. The lowest BCUT2D eigenvalue weighted by Gasteiger charge is -2.32. The lowest BCUT2D eigenvalue weighted by molar-refractivity contribution is -0.122. The maximum Gasteiger partial charge on any atom is 0.242 e. The summed E-state index contributed by atoms with van der Waals surface area (Å²) in [7, 11) is 0. The quantitative estimate of drug-likeness (QED) is 0.773. The number of para-hydroxylation sites is 1. The van der Waals surface area contributed by atoms with Crippen LogP contribution < -0.4 is 16.0 Å². The molecule has 1 rings (SSSR count). The third kappa shape index (κ3) is 5.05. The minimum Gasteiger partial charge on any atom is -0.360 e. The summed E-state index contributed by atoms with van der Waals surface area (Å²) >= 11 is 0. The first-order valence-corrected chi connectivity index (χ1v) is 7.84. The summed E-state index contributed by atoms with van der Waals surface area (Å²) in [6.45, 7) is 9.55. The number of aryl methyl sites for hydroxylation is 1. The molecule has 0 aromatic heterocycles. The van der Waals surface area contributed by atoms with Gasteiger partial charge in [0.1, 0.15) is 6.04 Å². The van der Waals surface area contributed by atoms with Crippen molar-refractivity contribution in [2.45, 2.75) is 52.6 Å². The Kier molecular flexibility index (Phi) is 7.23. The molecule has 0 saturated carbocycles. The Hall–Kier alpha value is -1.55. The normalized spacial score (nSPS) is 13.6. The third-order valence-electron chi connectivity index (χ3n) is 3.88. The summed E-state index contributed by atoms with van der Waals surface area (Å²) < 4.78 is 0. The van der Waals surface area contributed by atoms with Crippen LogP contribution in [0.15, 0.2) is 24.3 Å². The predicted molar refractivity (Wildman–Crippen MR) is 89.6 cm³/mol. The first kappa shape index (κ1) is 17.5. The van der Waals surface area contributed by atoms with Crippen LogP contribution in [0.2, 0.25) is 0 Å². The standard InChI is InChI=1S/C17H29N3O/c1-5-14(3)19-17(21)15(4)20(12-8-11-18)16-10-7-6-9-13(16)2/h6-7,9-10,14-15H,5,8,11-12,18H2,1-4H3,(H,19,21). The Labute approximate surface area is 128 Å². The van der Waals surface area contributed by atoms with Crippen molar-refractivity contribution in [1.82, 2.24) is 5.32 Å². The Bertz CT molecular complexity index is 447. The lowest BCUT2D eigenvalue weighted by atomic mass is 10.1. The number of carbonyl (C=O) groups excluding carboxylic acids is 1. The van der Waals surface area contributed by atoms with Crippen LogP contribution in [0.4, 0.5) is 5.69 Å². The molecule has 4 nitrogen and oxygen atoms in total. The SMILES string of the molecule is CCC(C)NC(=O)C(C)N(CCCN)c1ccccc1C. The number of hydrogen-bond acceptors (Lipinski definition) is 3. The largest absolute Gasteiger partial charge is 0.360 e. The van der Waals surface area contributed by atoms with Crippen LogP contribution in [-0.2, 0) is 4.79 Å². The summed E-state index contributed by atoms with van der Waals surface area (Å²) in [5.41, 5.74) is 7.93. The molecule has 0 heterocycles. The second-order valence-corrected chi connectivity index (χ2v) is 5.62. The van der Waals surface area contributed by atoms with Gasteiger partial charge in [-0.25, -0.2) is 0 Å². The molecule has 0 bridgehead atoms. The minimum absolute atomic E-state index is 0.0737. The zero-order chi connectivity index (χ0) is 15.8. The zero-order valence-electron chi connectivity index (χ0n) is 13.7. The molecule has 0 aliphatic heterocycles. The van der Waals surface area contributed by atoms with E-state index >= 15 is 0 Å². The van der Waals surface area contributed by atoms with E-state index in [2.05, 4.69) is 36.2 Å². The van der Waals surface area contributed by atoms with Crippen LogP contribution in [0, 0.1) is 6.92 Å². The first-order chi connectivity index (χ1) is 10.0. The third-order valence-corrected chi connectivity index (χ3v) is 3.88. The zero-order valence-corrected chi connectivity index (χ0v) is 13.7. The van der Waals surface area contributed by atoms with Crippen LogP contribution >= 0.6 is 0 Å². The van der Waals surface area contributed by atoms with Crippen molar-refractivity contribution in [2.24, 2.45) is 5.73 Å². The molecule has 2 unspecified atom stereocenters. The number of amides is 1. The van der Waals surface area contributed by atoms with E-state index in [1.165, 1.54) is 5.56 Å². The van der Waals surface area contributed by atoms with E-state index in [1.54, 1.807) is 0 Å². The van der Waals surface area contributed by atoms with Crippen molar-refractivity contribution >= 4 is 11.6 Å². The fourth-order valence-corrected chi connectivity index (χ4v) is 2.28. The van der Waals surface area contributed by atoms with Gasteiger partial charge in [-0.15, -0.1) is 0 Å². The maximum absolute atomic E-state index is 12.4. The van der Waals surface area contributed by atoms with Crippen molar-refractivity contribution in [3.05, 3.63) is 29.8 Å².